The maximum Gasteiger partial charge on any atom is 0.251 e. The van der Waals surface area contributed by atoms with Crippen molar-refractivity contribution in [1.82, 2.24) is 5.32 Å². The van der Waals surface area contributed by atoms with E-state index in [0.29, 0.717) is 18.8 Å². The number of amides is 1. The molecule has 0 saturated carbocycles. The van der Waals surface area contributed by atoms with Crippen LogP contribution in [0.5, 0.6) is 0 Å². The SMILES string of the molecule is CO[C@H]1COC[C@@H]1NC(=O)c1ccc(CO)cc1. The van der Waals surface area contributed by atoms with E-state index in [1.54, 1.807) is 31.4 Å². The van der Waals surface area contributed by atoms with Gasteiger partial charge in [0.05, 0.1) is 25.9 Å². The molecule has 5 nitrogen and oxygen atoms in total. The van der Waals surface area contributed by atoms with Crippen molar-refractivity contribution in [3.05, 3.63) is 35.4 Å². The van der Waals surface area contributed by atoms with Crippen LogP contribution < -0.4 is 5.32 Å². The fraction of sp³-hybridized carbons (Fsp3) is 0.462. The molecule has 0 aromatic heterocycles. The largest absolute Gasteiger partial charge is 0.392 e. The molecule has 1 aliphatic rings. The van der Waals surface area contributed by atoms with Crippen molar-refractivity contribution < 1.29 is 19.4 Å². The minimum atomic E-state index is -0.156. The predicted molar refractivity (Wildman–Crippen MR) is 65.2 cm³/mol. The summed E-state index contributed by atoms with van der Waals surface area (Å²) < 4.78 is 10.5. The zero-order valence-corrected chi connectivity index (χ0v) is 10.3. The molecule has 2 atom stereocenters. The highest BCUT2D eigenvalue weighted by molar-refractivity contribution is 5.94. The number of rotatable bonds is 4. The van der Waals surface area contributed by atoms with E-state index in [0.717, 1.165) is 5.56 Å². The summed E-state index contributed by atoms with van der Waals surface area (Å²) in [6, 6.07) is 6.73. The van der Waals surface area contributed by atoms with E-state index in [1.165, 1.54) is 0 Å². The van der Waals surface area contributed by atoms with Crippen LogP contribution in [0.2, 0.25) is 0 Å². The van der Waals surface area contributed by atoms with Crippen LogP contribution in [-0.2, 0) is 16.1 Å². The zero-order chi connectivity index (χ0) is 13.0. The first-order chi connectivity index (χ1) is 8.74. The van der Waals surface area contributed by atoms with Crippen molar-refractivity contribution in [3.8, 4) is 0 Å². The number of hydrogen-bond donors (Lipinski definition) is 2. The number of hydrogen-bond acceptors (Lipinski definition) is 4. The van der Waals surface area contributed by atoms with Crippen LogP contribution in [0.25, 0.3) is 0 Å². The maximum atomic E-state index is 12.0. The highest BCUT2D eigenvalue weighted by Crippen LogP contribution is 2.10. The second-order valence-electron chi connectivity index (χ2n) is 4.25. The Hall–Kier alpha value is -1.43. The molecule has 1 amide bonds. The van der Waals surface area contributed by atoms with Crippen LogP contribution in [0.1, 0.15) is 15.9 Å². The molecule has 98 valence electrons. The molecular formula is C13H17NO4. The minimum absolute atomic E-state index is 0.0237. The first-order valence-corrected chi connectivity index (χ1v) is 5.86. The van der Waals surface area contributed by atoms with Crippen LogP contribution in [0.4, 0.5) is 0 Å². The number of carbonyl (C=O) groups excluding carboxylic acids is 1. The third-order valence-electron chi connectivity index (χ3n) is 3.05. The Morgan fingerprint density at radius 2 is 2.17 bits per heavy atom. The van der Waals surface area contributed by atoms with Gasteiger partial charge in [-0.1, -0.05) is 12.1 Å². The van der Waals surface area contributed by atoms with Gasteiger partial charge < -0.3 is 19.9 Å². The number of aliphatic hydroxyl groups excluding tert-OH is 1. The Bertz CT molecular complexity index is 404. The lowest BCUT2D eigenvalue weighted by Gasteiger charge is -2.17. The van der Waals surface area contributed by atoms with E-state index >= 15 is 0 Å². The standard InChI is InChI=1S/C13H17NO4/c1-17-12-8-18-7-11(12)14-13(16)10-4-2-9(6-15)3-5-10/h2-5,11-12,15H,6-8H2,1H3,(H,14,16)/t11-,12-/m0/s1. The highest BCUT2D eigenvalue weighted by Gasteiger charge is 2.29. The lowest BCUT2D eigenvalue weighted by Crippen LogP contribution is -2.43. The Balaban J connectivity index is 1.98. The third kappa shape index (κ3) is 2.87. The smallest absolute Gasteiger partial charge is 0.251 e. The molecule has 1 heterocycles. The van der Waals surface area contributed by atoms with Crippen molar-refractivity contribution in [2.45, 2.75) is 18.8 Å². The average molecular weight is 251 g/mol. The summed E-state index contributed by atoms with van der Waals surface area (Å²) >= 11 is 0. The molecule has 2 N–H and O–H groups in total. The number of ether oxygens (including phenoxy) is 2. The molecule has 1 aromatic rings. The molecule has 0 bridgehead atoms. The summed E-state index contributed by atoms with van der Waals surface area (Å²) in [5, 5.41) is 11.8. The summed E-state index contributed by atoms with van der Waals surface area (Å²) in [5.41, 5.74) is 1.35. The molecule has 0 aliphatic carbocycles. The molecular weight excluding hydrogens is 234 g/mol. The number of carbonyl (C=O) groups is 1. The lowest BCUT2D eigenvalue weighted by atomic mass is 10.1. The van der Waals surface area contributed by atoms with Crippen molar-refractivity contribution >= 4 is 5.91 Å². The molecule has 0 unspecified atom stereocenters. The monoisotopic (exact) mass is 251 g/mol. The van der Waals surface area contributed by atoms with Crippen LogP contribution in [-0.4, -0.2) is 43.5 Å². The predicted octanol–water partition coefficient (Wildman–Crippen LogP) is 0.323. The Kier molecular flexibility index (Phi) is 4.30. The quantitative estimate of drug-likeness (QED) is 0.809. The van der Waals surface area contributed by atoms with Gasteiger partial charge >= 0.3 is 0 Å². The molecule has 1 saturated heterocycles. The van der Waals surface area contributed by atoms with Crippen LogP contribution in [0.3, 0.4) is 0 Å². The van der Waals surface area contributed by atoms with Gasteiger partial charge in [-0.2, -0.15) is 0 Å². The summed E-state index contributed by atoms with van der Waals surface area (Å²) in [6.45, 7) is 0.952. The van der Waals surface area contributed by atoms with Gasteiger partial charge in [-0.05, 0) is 17.7 Å². The van der Waals surface area contributed by atoms with Crippen molar-refractivity contribution in [2.75, 3.05) is 20.3 Å². The van der Waals surface area contributed by atoms with E-state index in [9.17, 15) is 4.79 Å². The van der Waals surface area contributed by atoms with E-state index in [2.05, 4.69) is 5.32 Å². The van der Waals surface area contributed by atoms with Gasteiger partial charge in [-0.15, -0.1) is 0 Å². The fourth-order valence-corrected chi connectivity index (χ4v) is 1.91. The van der Waals surface area contributed by atoms with Crippen molar-refractivity contribution in [1.29, 1.82) is 0 Å². The molecule has 5 heteroatoms. The molecule has 2 rings (SSSR count). The van der Waals surface area contributed by atoms with Gasteiger partial charge in [0, 0.05) is 12.7 Å². The molecule has 0 spiro atoms. The summed E-state index contributed by atoms with van der Waals surface area (Å²) in [5.74, 6) is -0.156. The van der Waals surface area contributed by atoms with Gasteiger partial charge in [-0.25, -0.2) is 0 Å². The second-order valence-corrected chi connectivity index (χ2v) is 4.25. The first-order valence-electron chi connectivity index (χ1n) is 5.86. The molecule has 0 radical (unpaired) electrons. The second kappa shape index (κ2) is 5.95. The van der Waals surface area contributed by atoms with Crippen LogP contribution in [0, 0.1) is 0 Å². The normalized spacial score (nSPS) is 23.0. The van der Waals surface area contributed by atoms with Gasteiger partial charge in [0.1, 0.15) is 6.10 Å². The van der Waals surface area contributed by atoms with Gasteiger partial charge in [0.15, 0.2) is 0 Å². The third-order valence-corrected chi connectivity index (χ3v) is 3.05. The van der Waals surface area contributed by atoms with Gasteiger partial charge in [0.2, 0.25) is 0 Å². The Morgan fingerprint density at radius 3 is 2.78 bits per heavy atom. The van der Waals surface area contributed by atoms with E-state index in [4.69, 9.17) is 14.6 Å². The number of aliphatic hydroxyl groups is 1. The fourth-order valence-electron chi connectivity index (χ4n) is 1.91. The molecule has 1 fully saturated rings. The van der Waals surface area contributed by atoms with E-state index < -0.39 is 0 Å². The van der Waals surface area contributed by atoms with Crippen molar-refractivity contribution in [3.63, 3.8) is 0 Å². The average Bonchev–Trinajstić information content (AvgIpc) is 2.86. The summed E-state index contributed by atoms with van der Waals surface area (Å²) in [7, 11) is 1.61. The first kappa shape index (κ1) is 13.0. The van der Waals surface area contributed by atoms with Gasteiger partial charge in [0.25, 0.3) is 5.91 Å². The summed E-state index contributed by atoms with van der Waals surface area (Å²) in [6.07, 6.45) is -0.0920. The molecule has 1 aliphatic heterocycles. The van der Waals surface area contributed by atoms with Crippen LogP contribution >= 0.6 is 0 Å². The number of methoxy groups -OCH3 is 1. The minimum Gasteiger partial charge on any atom is -0.392 e. The zero-order valence-electron chi connectivity index (χ0n) is 10.3. The Morgan fingerprint density at radius 1 is 1.44 bits per heavy atom. The Labute approximate surface area is 106 Å². The maximum absolute atomic E-state index is 12.0. The lowest BCUT2D eigenvalue weighted by molar-refractivity contribution is 0.0685. The highest BCUT2D eigenvalue weighted by atomic mass is 16.5. The summed E-state index contributed by atoms with van der Waals surface area (Å²) in [4.78, 5) is 12.0. The van der Waals surface area contributed by atoms with Crippen LogP contribution in [0.15, 0.2) is 24.3 Å². The topological polar surface area (TPSA) is 67.8 Å². The van der Waals surface area contributed by atoms with E-state index in [-0.39, 0.29) is 24.7 Å². The number of benzene rings is 1. The van der Waals surface area contributed by atoms with Crippen molar-refractivity contribution in [2.24, 2.45) is 0 Å². The molecule has 18 heavy (non-hydrogen) atoms. The molecule has 1 aromatic carbocycles. The van der Waals surface area contributed by atoms with E-state index in [1.807, 2.05) is 0 Å². The van der Waals surface area contributed by atoms with Gasteiger partial charge in [-0.3, -0.25) is 4.79 Å². The number of nitrogens with one attached hydrogen (secondary N) is 1.